The van der Waals surface area contributed by atoms with E-state index in [2.05, 4.69) is 68.2 Å². The zero-order chi connectivity index (χ0) is 14.6. The average molecular weight is 282 g/mol. The van der Waals surface area contributed by atoms with Gasteiger partial charge >= 0.3 is 0 Å². The van der Waals surface area contributed by atoms with Crippen LogP contribution in [0.2, 0.25) is 13.1 Å². The Morgan fingerprint density at radius 1 is 1.00 bits per heavy atom. The molecule has 0 aliphatic heterocycles. The van der Waals surface area contributed by atoms with Crippen molar-refractivity contribution >= 4 is 13.3 Å². The predicted octanol–water partition coefficient (Wildman–Crippen LogP) is 4.12. The quantitative estimate of drug-likeness (QED) is 0.592. The van der Waals surface area contributed by atoms with E-state index >= 15 is 0 Å². The molecule has 0 bridgehead atoms. The van der Waals surface area contributed by atoms with Gasteiger partial charge < -0.3 is 4.74 Å². The molecule has 0 heterocycles. The molecular weight excluding hydrogens is 260 g/mol. The number of benzene rings is 2. The third-order valence-corrected chi connectivity index (χ3v) is 7.95. The molecule has 0 radical (unpaired) electrons. The Bertz CT molecular complexity index is 558. The van der Waals surface area contributed by atoms with Gasteiger partial charge in [0.15, 0.2) is 0 Å². The molecule has 2 rings (SSSR count). The lowest BCUT2D eigenvalue weighted by molar-refractivity contribution is 0.414. The van der Waals surface area contributed by atoms with Crippen molar-refractivity contribution in [2.45, 2.75) is 18.6 Å². The van der Waals surface area contributed by atoms with Gasteiger partial charge in [-0.3, -0.25) is 0 Å². The SMILES string of the molecule is C=CC(c1ccc(OC)cc1)[Si](C)(C)c1ccccc1. The highest BCUT2D eigenvalue weighted by Crippen LogP contribution is 2.29. The number of methoxy groups -OCH3 is 1. The number of rotatable bonds is 5. The van der Waals surface area contributed by atoms with Crippen molar-refractivity contribution in [2.24, 2.45) is 0 Å². The molecule has 1 atom stereocenters. The first-order chi connectivity index (χ1) is 9.59. The second-order valence-corrected chi connectivity index (χ2v) is 10.2. The standard InChI is InChI=1S/C18H22OSi/c1-5-18(15-11-13-16(19-2)14-12-15)20(3,4)17-9-7-6-8-10-17/h5-14,18H,1H2,2-4H3. The molecule has 0 saturated carbocycles. The summed E-state index contributed by atoms with van der Waals surface area (Å²) >= 11 is 0. The van der Waals surface area contributed by atoms with Crippen LogP contribution in [0, 0.1) is 0 Å². The molecule has 2 aromatic carbocycles. The zero-order valence-corrected chi connectivity index (χ0v) is 13.5. The molecule has 2 heteroatoms. The molecule has 104 valence electrons. The van der Waals surface area contributed by atoms with Crippen LogP contribution in [-0.2, 0) is 0 Å². The van der Waals surface area contributed by atoms with Crippen molar-refractivity contribution in [1.29, 1.82) is 0 Å². The van der Waals surface area contributed by atoms with E-state index in [9.17, 15) is 0 Å². The Morgan fingerprint density at radius 2 is 1.60 bits per heavy atom. The number of hydrogen-bond acceptors (Lipinski definition) is 1. The molecule has 0 aliphatic carbocycles. The van der Waals surface area contributed by atoms with Crippen molar-refractivity contribution in [2.75, 3.05) is 7.11 Å². The molecule has 1 unspecified atom stereocenters. The van der Waals surface area contributed by atoms with Crippen molar-refractivity contribution in [3.63, 3.8) is 0 Å². The molecule has 20 heavy (non-hydrogen) atoms. The summed E-state index contributed by atoms with van der Waals surface area (Å²) in [6.45, 7) is 8.88. The Hall–Kier alpha value is -1.80. The van der Waals surface area contributed by atoms with E-state index < -0.39 is 8.07 Å². The van der Waals surface area contributed by atoms with E-state index in [-0.39, 0.29) is 0 Å². The highest BCUT2D eigenvalue weighted by molar-refractivity contribution is 6.91. The Kier molecular flexibility index (Phi) is 4.45. The van der Waals surface area contributed by atoms with Crippen molar-refractivity contribution in [3.05, 3.63) is 72.8 Å². The molecule has 0 saturated heterocycles. The number of allylic oxidation sites excluding steroid dienone is 1. The first kappa shape index (κ1) is 14.6. The molecule has 0 N–H and O–H groups in total. The van der Waals surface area contributed by atoms with Crippen molar-refractivity contribution < 1.29 is 4.74 Å². The van der Waals surface area contributed by atoms with E-state index in [0.29, 0.717) is 5.54 Å². The third kappa shape index (κ3) is 2.85. The summed E-state index contributed by atoms with van der Waals surface area (Å²) in [6, 6.07) is 19.2. The lowest BCUT2D eigenvalue weighted by Crippen LogP contribution is -2.46. The summed E-state index contributed by atoms with van der Waals surface area (Å²) in [6.07, 6.45) is 2.10. The van der Waals surface area contributed by atoms with Crippen LogP contribution in [0.15, 0.2) is 67.3 Å². The fraction of sp³-hybridized carbons (Fsp3) is 0.222. The van der Waals surface area contributed by atoms with Crippen LogP contribution in [0.5, 0.6) is 5.75 Å². The van der Waals surface area contributed by atoms with E-state index in [1.165, 1.54) is 10.8 Å². The lowest BCUT2D eigenvalue weighted by atomic mass is 10.1. The van der Waals surface area contributed by atoms with Gasteiger partial charge in [0.1, 0.15) is 5.75 Å². The summed E-state index contributed by atoms with van der Waals surface area (Å²) in [5.41, 5.74) is 1.72. The van der Waals surface area contributed by atoms with Crippen LogP contribution in [-0.4, -0.2) is 15.2 Å². The van der Waals surface area contributed by atoms with Crippen LogP contribution in [0.25, 0.3) is 0 Å². The highest BCUT2D eigenvalue weighted by atomic mass is 28.3. The molecule has 0 aromatic heterocycles. The van der Waals surface area contributed by atoms with Gasteiger partial charge in [-0.2, -0.15) is 0 Å². The lowest BCUT2D eigenvalue weighted by Gasteiger charge is -2.31. The molecule has 0 aliphatic rings. The number of hydrogen-bond donors (Lipinski definition) is 0. The molecule has 1 nitrogen and oxygen atoms in total. The Morgan fingerprint density at radius 3 is 2.10 bits per heavy atom. The summed E-state index contributed by atoms with van der Waals surface area (Å²) in [4.78, 5) is 0. The Balaban J connectivity index is 2.38. The van der Waals surface area contributed by atoms with E-state index in [0.717, 1.165) is 5.75 Å². The maximum absolute atomic E-state index is 5.24. The second-order valence-electron chi connectivity index (χ2n) is 5.57. The summed E-state index contributed by atoms with van der Waals surface area (Å²) < 4.78 is 5.24. The van der Waals surface area contributed by atoms with E-state index in [1.54, 1.807) is 7.11 Å². The van der Waals surface area contributed by atoms with Crippen molar-refractivity contribution in [3.8, 4) is 5.75 Å². The van der Waals surface area contributed by atoms with Crippen LogP contribution in [0.1, 0.15) is 11.1 Å². The third-order valence-electron chi connectivity index (χ3n) is 4.01. The van der Waals surface area contributed by atoms with E-state index in [4.69, 9.17) is 4.74 Å². The van der Waals surface area contributed by atoms with Gasteiger partial charge in [-0.25, -0.2) is 0 Å². The predicted molar refractivity (Wildman–Crippen MR) is 89.5 cm³/mol. The minimum atomic E-state index is -1.64. The maximum Gasteiger partial charge on any atom is 0.118 e. The van der Waals surface area contributed by atoms with Gasteiger partial charge in [0.05, 0.1) is 15.2 Å². The molecular formula is C18H22OSi. The zero-order valence-electron chi connectivity index (χ0n) is 12.5. The number of ether oxygens (including phenoxy) is 1. The van der Waals surface area contributed by atoms with Crippen LogP contribution < -0.4 is 9.92 Å². The summed E-state index contributed by atoms with van der Waals surface area (Å²) in [7, 11) is 0.0609. The largest absolute Gasteiger partial charge is 0.497 e. The maximum atomic E-state index is 5.24. The smallest absolute Gasteiger partial charge is 0.118 e. The molecule has 0 fully saturated rings. The average Bonchev–Trinajstić information content (AvgIpc) is 2.49. The Labute approximate surface area is 122 Å². The topological polar surface area (TPSA) is 9.23 Å². The minimum Gasteiger partial charge on any atom is -0.497 e. The van der Waals surface area contributed by atoms with Gasteiger partial charge in [-0.1, -0.05) is 66.8 Å². The van der Waals surface area contributed by atoms with Crippen LogP contribution in [0.4, 0.5) is 0 Å². The first-order valence-corrected chi connectivity index (χ1v) is 9.99. The molecule has 0 amide bonds. The van der Waals surface area contributed by atoms with Crippen molar-refractivity contribution in [1.82, 2.24) is 0 Å². The first-order valence-electron chi connectivity index (χ1n) is 6.91. The van der Waals surface area contributed by atoms with Gasteiger partial charge in [0.25, 0.3) is 0 Å². The van der Waals surface area contributed by atoms with E-state index in [1.807, 2.05) is 12.1 Å². The van der Waals surface area contributed by atoms with Gasteiger partial charge in [-0.05, 0) is 17.7 Å². The normalized spacial score (nSPS) is 12.8. The molecule has 2 aromatic rings. The van der Waals surface area contributed by atoms with Crippen LogP contribution in [0.3, 0.4) is 0 Å². The second kappa shape index (κ2) is 6.10. The van der Waals surface area contributed by atoms with Gasteiger partial charge in [0, 0.05) is 5.54 Å². The fourth-order valence-corrected chi connectivity index (χ4v) is 5.73. The summed E-state index contributed by atoms with van der Waals surface area (Å²) in [5.74, 6) is 0.899. The fourth-order valence-electron chi connectivity index (χ4n) is 2.71. The van der Waals surface area contributed by atoms with Gasteiger partial charge in [0.2, 0.25) is 0 Å². The minimum absolute atomic E-state index is 0.399. The summed E-state index contributed by atoms with van der Waals surface area (Å²) in [5, 5.41) is 1.46. The molecule has 0 spiro atoms. The van der Waals surface area contributed by atoms with Gasteiger partial charge in [-0.15, -0.1) is 6.58 Å². The monoisotopic (exact) mass is 282 g/mol. The van der Waals surface area contributed by atoms with Crippen LogP contribution >= 0.6 is 0 Å². The highest BCUT2D eigenvalue weighted by Gasteiger charge is 2.32.